The first-order chi connectivity index (χ1) is 7.47. The fraction of sp³-hybridized carbons (Fsp3) is 0.667. The van der Waals surface area contributed by atoms with Crippen LogP contribution in [0.2, 0.25) is 0 Å². The fourth-order valence-corrected chi connectivity index (χ4v) is 2.43. The van der Waals surface area contributed by atoms with E-state index in [1.54, 1.807) is 4.90 Å². The van der Waals surface area contributed by atoms with Gasteiger partial charge in [0.1, 0.15) is 4.88 Å². The van der Waals surface area contributed by atoms with Gasteiger partial charge in [-0.1, -0.05) is 11.3 Å². The van der Waals surface area contributed by atoms with E-state index in [0.29, 0.717) is 42.4 Å². The normalized spacial score (nSPS) is 19.1. The van der Waals surface area contributed by atoms with Crippen molar-refractivity contribution in [1.29, 1.82) is 0 Å². The fourth-order valence-electron chi connectivity index (χ4n) is 1.60. The second kappa shape index (κ2) is 4.21. The predicted molar refractivity (Wildman–Crippen MR) is 54.6 cm³/mol. The zero-order valence-electron chi connectivity index (χ0n) is 8.37. The molecule has 0 bridgehead atoms. The van der Waals surface area contributed by atoms with E-state index in [4.69, 9.17) is 0 Å². The summed E-state index contributed by atoms with van der Waals surface area (Å²) in [5.41, 5.74) is 0. The summed E-state index contributed by atoms with van der Waals surface area (Å²) >= 11 is 0.656. The summed E-state index contributed by atoms with van der Waals surface area (Å²) in [5.74, 6) is 0. The van der Waals surface area contributed by atoms with Crippen molar-refractivity contribution in [1.82, 2.24) is 4.98 Å². The Kier molecular flexibility index (Phi) is 3.07. The van der Waals surface area contributed by atoms with Crippen molar-refractivity contribution in [3.05, 3.63) is 11.1 Å². The molecular weight excluding hydrogens is 241 g/mol. The number of rotatable bonds is 1. The Bertz CT molecular complexity index is 358. The summed E-state index contributed by atoms with van der Waals surface area (Å²) in [4.78, 5) is 4.89. The number of hydrogen-bond donors (Lipinski definition) is 1. The van der Waals surface area contributed by atoms with Crippen LogP contribution in [0.15, 0.2) is 6.20 Å². The lowest BCUT2D eigenvalue weighted by molar-refractivity contribution is -0.134. The van der Waals surface area contributed by atoms with Gasteiger partial charge in [0.2, 0.25) is 0 Å². The Morgan fingerprint density at radius 3 is 2.50 bits per heavy atom. The Labute approximate surface area is 94.5 Å². The Balaban J connectivity index is 2.08. The highest BCUT2D eigenvalue weighted by molar-refractivity contribution is 7.15. The summed E-state index contributed by atoms with van der Waals surface area (Å²) < 4.78 is 37.0. The van der Waals surface area contributed by atoms with Crippen molar-refractivity contribution >= 4 is 16.5 Å². The summed E-state index contributed by atoms with van der Waals surface area (Å²) in [6.45, 7) is 1.12. The molecule has 1 aromatic heterocycles. The van der Waals surface area contributed by atoms with E-state index in [2.05, 4.69) is 4.98 Å². The number of aromatic nitrogens is 1. The van der Waals surface area contributed by atoms with Crippen LogP contribution in [-0.2, 0) is 6.18 Å². The Morgan fingerprint density at radius 2 is 2.00 bits per heavy atom. The first-order valence-electron chi connectivity index (χ1n) is 4.93. The minimum absolute atomic E-state index is 0.335. The van der Waals surface area contributed by atoms with Crippen LogP contribution in [0.5, 0.6) is 0 Å². The lowest BCUT2D eigenvalue weighted by Crippen LogP contribution is -2.35. The van der Waals surface area contributed by atoms with Gasteiger partial charge < -0.3 is 10.0 Å². The van der Waals surface area contributed by atoms with Gasteiger partial charge in [-0.15, -0.1) is 0 Å². The molecule has 0 aromatic carbocycles. The summed E-state index contributed by atoms with van der Waals surface area (Å²) in [5, 5.41) is 9.67. The number of piperidine rings is 1. The highest BCUT2D eigenvalue weighted by Gasteiger charge is 2.34. The van der Waals surface area contributed by atoms with Gasteiger partial charge in [0.15, 0.2) is 5.13 Å². The van der Waals surface area contributed by atoms with Crippen LogP contribution in [0.1, 0.15) is 17.7 Å². The van der Waals surface area contributed by atoms with E-state index < -0.39 is 11.1 Å². The molecule has 0 radical (unpaired) electrons. The molecule has 16 heavy (non-hydrogen) atoms. The lowest BCUT2D eigenvalue weighted by atomic mass is 10.1. The zero-order chi connectivity index (χ0) is 11.8. The van der Waals surface area contributed by atoms with Crippen LogP contribution in [0.3, 0.4) is 0 Å². The minimum atomic E-state index is -4.31. The SMILES string of the molecule is OC1CCN(c2ncc(C(F)(F)F)s2)CC1. The molecule has 1 N–H and O–H groups in total. The van der Waals surface area contributed by atoms with E-state index in [-0.39, 0.29) is 6.10 Å². The number of aliphatic hydroxyl groups excluding tert-OH is 1. The number of anilines is 1. The monoisotopic (exact) mass is 252 g/mol. The highest BCUT2D eigenvalue weighted by Crippen LogP contribution is 2.36. The van der Waals surface area contributed by atoms with Crippen molar-refractivity contribution < 1.29 is 18.3 Å². The Morgan fingerprint density at radius 1 is 1.38 bits per heavy atom. The maximum absolute atomic E-state index is 12.3. The van der Waals surface area contributed by atoms with Gasteiger partial charge >= 0.3 is 6.18 Å². The predicted octanol–water partition coefficient (Wildman–Crippen LogP) is 2.12. The number of nitrogens with zero attached hydrogens (tertiary/aromatic N) is 2. The summed E-state index contributed by atoms with van der Waals surface area (Å²) in [6, 6.07) is 0. The maximum Gasteiger partial charge on any atom is 0.427 e. The number of alkyl halides is 3. The minimum Gasteiger partial charge on any atom is -0.393 e. The van der Waals surface area contributed by atoms with Crippen LogP contribution < -0.4 is 4.90 Å². The van der Waals surface area contributed by atoms with Crippen LogP contribution in [-0.4, -0.2) is 29.3 Å². The quantitative estimate of drug-likeness (QED) is 0.831. The van der Waals surface area contributed by atoms with Crippen LogP contribution >= 0.6 is 11.3 Å². The van der Waals surface area contributed by atoms with Gasteiger partial charge in [-0.05, 0) is 12.8 Å². The van der Waals surface area contributed by atoms with Crippen molar-refractivity contribution in [3.8, 4) is 0 Å². The molecule has 1 fully saturated rings. The van der Waals surface area contributed by atoms with E-state index in [9.17, 15) is 18.3 Å². The van der Waals surface area contributed by atoms with E-state index in [1.807, 2.05) is 0 Å². The molecule has 1 saturated heterocycles. The van der Waals surface area contributed by atoms with Crippen molar-refractivity contribution in [3.63, 3.8) is 0 Å². The second-order valence-electron chi connectivity index (χ2n) is 3.72. The van der Waals surface area contributed by atoms with Gasteiger partial charge in [-0.25, -0.2) is 4.98 Å². The molecule has 90 valence electrons. The molecule has 0 saturated carbocycles. The molecule has 2 heterocycles. The van der Waals surface area contributed by atoms with Crippen LogP contribution in [0.25, 0.3) is 0 Å². The first kappa shape index (κ1) is 11.7. The smallest absolute Gasteiger partial charge is 0.393 e. The lowest BCUT2D eigenvalue weighted by Gasteiger charge is -2.29. The molecule has 3 nitrogen and oxygen atoms in total. The third-order valence-corrected chi connectivity index (χ3v) is 3.61. The zero-order valence-corrected chi connectivity index (χ0v) is 9.18. The third-order valence-electron chi connectivity index (χ3n) is 2.51. The number of aliphatic hydroxyl groups is 1. The maximum atomic E-state index is 12.3. The van der Waals surface area contributed by atoms with Crippen LogP contribution in [0.4, 0.5) is 18.3 Å². The molecule has 1 aliphatic rings. The van der Waals surface area contributed by atoms with Crippen molar-refractivity contribution in [2.45, 2.75) is 25.1 Å². The summed E-state index contributed by atoms with van der Waals surface area (Å²) in [7, 11) is 0. The molecule has 2 rings (SSSR count). The number of thiazole rings is 1. The van der Waals surface area contributed by atoms with Gasteiger partial charge in [0, 0.05) is 13.1 Å². The van der Waals surface area contributed by atoms with Gasteiger partial charge in [0.25, 0.3) is 0 Å². The van der Waals surface area contributed by atoms with E-state index in [0.717, 1.165) is 6.20 Å². The summed E-state index contributed by atoms with van der Waals surface area (Å²) in [6.07, 6.45) is -2.61. The van der Waals surface area contributed by atoms with Crippen molar-refractivity contribution in [2.75, 3.05) is 18.0 Å². The first-order valence-corrected chi connectivity index (χ1v) is 5.74. The van der Waals surface area contributed by atoms with Crippen LogP contribution in [0, 0.1) is 0 Å². The average Bonchev–Trinajstić information content (AvgIpc) is 2.67. The number of halogens is 3. The standard InChI is InChI=1S/C9H11F3N2OS/c10-9(11,12)7-5-13-8(16-7)14-3-1-6(15)2-4-14/h5-6,15H,1-4H2. The van der Waals surface area contributed by atoms with Gasteiger partial charge in [0.05, 0.1) is 12.3 Å². The Hall–Kier alpha value is -0.820. The topological polar surface area (TPSA) is 36.4 Å². The molecule has 0 amide bonds. The molecule has 7 heteroatoms. The molecular formula is C9H11F3N2OS. The van der Waals surface area contributed by atoms with Gasteiger partial charge in [-0.3, -0.25) is 0 Å². The molecule has 0 spiro atoms. The van der Waals surface area contributed by atoms with Gasteiger partial charge in [-0.2, -0.15) is 13.2 Å². The van der Waals surface area contributed by atoms with E-state index in [1.165, 1.54) is 0 Å². The molecule has 0 unspecified atom stereocenters. The average molecular weight is 252 g/mol. The third kappa shape index (κ3) is 2.46. The largest absolute Gasteiger partial charge is 0.427 e. The van der Waals surface area contributed by atoms with E-state index >= 15 is 0 Å². The molecule has 1 aromatic rings. The molecule has 0 atom stereocenters. The molecule has 1 aliphatic heterocycles. The van der Waals surface area contributed by atoms with Crippen molar-refractivity contribution in [2.24, 2.45) is 0 Å². The number of hydrogen-bond acceptors (Lipinski definition) is 4. The second-order valence-corrected chi connectivity index (χ2v) is 4.73. The highest BCUT2D eigenvalue weighted by atomic mass is 32.1. The molecule has 0 aliphatic carbocycles.